The SMILES string of the molecule is Nc1cc(Cl)cc(C(=O)N2CCN(S(N)(=O)=O)CC2)c1. The van der Waals surface area contributed by atoms with Crippen molar-refractivity contribution >= 4 is 33.4 Å². The second kappa shape index (κ2) is 5.57. The molecule has 20 heavy (non-hydrogen) atoms. The topological polar surface area (TPSA) is 110 Å². The summed E-state index contributed by atoms with van der Waals surface area (Å²) < 4.78 is 23.5. The average Bonchev–Trinajstić information content (AvgIpc) is 2.36. The molecule has 0 bridgehead atoms. The van der Waals surface area contributed by atoms with E-state index in [0.29, 0.717) is 16.3 Å². The van der Waals surface area contributed by atoms with E-state index in [1.807, 2.05) is 0 Å². The van der Waals surface area contributed by atoms with Crippen LogP contribution in [0.2, 0.25) is 5.02 Å². The zero-order valence-electron chi connectivity index (χ0n) is 10.6. The first-order valence-corrected chi connectivity index (χ1v) is 7.79. The lowest BCUT2D eigenvalue weighted by Crippen LogP contribution is -2.52. The maximum Gasteiger partial charge on any atom is 0.277 e. The van der Waals surface area contributed by atoms with Crippen molar-refractivity contribution in [3.8, 4) is 0 Å². The molecule has 7 nitrogen and oxygen atoms in total. The molecule has 0 saturated carbocycles. The van der Waals surface area contributed by atoms with Crippen LogP contribution in [0.15, 0.2) is 18.2 Å². The molecular weight excluding hydrogens is 304 g/mol. The van der Waals surface area contributed by atoms with Gasteiger partial charge >= 0.3 is 0 Å². The molecule has 1 saturated heterocycles. The van der Waals surface area contributed by atoms with Crippen molar-refractivity contribution < 1.29 is 13.2 Å². The van der Waals surface area contributed by atoms with Gasteiger partial charge in [0.2, 0.25) is 0 Å². The normalized spacial score (nSPS) is 17.2. The van der Waals surface area contributed by atoms with Crippen LogP contribution in [0.5, 0.6) is 0 Å². The Labute approximate surface area is 122 Å². The Balaban J connectivity index is 2.09. The summed E-state index contributed by atoms with van der Waals surface area (Å²) in [4.78, 5) is 13.8. The number of hydrogen-bond donors (Lipinski definition) is 2. The second-order valence-corrected chi connectivity index (χ2v) is 6.49. The first kappa shape index (κ1) is 15.0. The number of piperazine rings is 1. The van der Waals surface area contributed by atoms with Crippen LogP contribution in [-0.2, 0) is 10.2 Å². The molecule has 4 N–H and O–H groups in total. The lowest BCUT2D eigenvalue weighted by atomic mass is 10.1. The number of carbonyl (C=O) groups excluding carboxylic acids is 1. The fourth-order valence-corrected chi connectivity index (χ4v) is 2.98. The monoisotopic (exact) mass is 318 g/mol. The number of halogens is 1. The molecule has 0 unspecified atom stereocenters. The zero-order valence-corrected chi connectivity index (χ0v) is 12.2. The van der Waals surface area contributed by atoms with Gasteiger partial charge in [-0.2, -0.15) is 12.7 Å². The molecular formula is C11H15ClN4O3S. The molecule has 110 valence electrons. The van der Waals surface area contributed by atoms with Crippen molar-refractivity contribution in [2.45, 2.75) is 0 Å². The summed E-state index contributed by atoms with van der Waals surface area (Å²) >= 11 is 5.86. The van der Waals surface area contributed by atoms with Crippen LogP contribution in [0.3, 0.4) is 0 Å². The number of anilines is 1. The minimum atomic E-state index is -3.70. The van der Waals surface area contributed by atoms with Gasteiger partial charge in [0.05, 0.1) is 0 Å². The Morgan fingerprint density at radius 1 is 1.15 bits per heavy atom. The van der Waals surface area contributed by atoms with Crippen LogP contribution >= 0.6 is 11.6 Å². The Bertz CT molecular complexity index is 606. The van der Waals surface area contributed by atoms with Crippen LogP contribution < -0.4 is 10.9 Å². The number of benzene rings is 1. The van der Waals surface area contributed by atoms with E-state index in [-0.39, 0.29) is 32.1 Å². The van der Waals surface area contributed by atoms with E-state index in [1.54, 1.807) is 17.0 Å². The highest BCUT2D eigenvalue weighted by Gasteiger charge is 2.27. The summed E-state index contributed by atoms with van der Waals surface area (Å²) in [7, 11) is -3.70. The highest BCUT2D eigenvalue weighted by molar-refractivity contribution is 7.86. The molecule has 1 aromatic carbocycles. The summed E-state index contributed by atoms with van der Waals surface area (Å²) in [6.07, 6.45) is 0. The molecule has 0 radical (unpaired) electrons. The fraction of sp³-hybridized carbons (Fsp3) is 0.364. The number of hydrogen-bond acceptors (Lipinski definition) is 4. The molecule has 0 spiro atoms. The molecule has 1 heterocycles. The van der Waals surface area contributed by atoms with Crippen LogP contribution in [0.25, 0.3) is 0 Å². The first-order chi connectivity index (χ1) is 9.27. The number of carbonyl (C=O) groups is 1. The second-order valence-electron chi connectivity index (χ2n) is 4.51. The Morgan fingerprint density at radius 2 is 1.75 bits per heavy atom. The molecule has 0 aromatic heterocycles. The minimum absolute atomic E-state index is 0.181. The summed E-state index contributed by atoms with van der Waals surface area (Å²) in [5.74, 6) is -0.228. The van der Waals surface area contributed by atoms with Crippen molar-refractivity contribution in [2.24, 2.45) is 5.14 Å². The molecule has 0 aliphatic carbocycles. The Hall–Kier alpha value is -1.35. The predicted octanol–water partition coefficient (Wildman–Crippen LogP) is -0.116. The fourth-order valence-electron chi connectivity index (χ4n) is 2.06. The summed E-state index contributed by atoms with van der Waals surface area (Å²) in [6.45, 7) is 0.921. The van der Waals surface area contributed by atoms with Crippen molar-refractivity contribution in [3.63, 3.8) is 0 Å². The largest absolute Gasteiger partial charge is 0.399 e. The van der Waals surface area contributed by atoms with E-state index in [2.05, 4.69) is 0 Å². The van der Waals surface area contributed by atoms with E-state index in [1.165, 1.54) is 6.07 Å². The third-order valence-electron chi connectivity index (χ3n) is 3.05. The molecule has 1 aromatic rings. The lowest BCUT2D eigenvalue weighted by molar-refractivity contribution is 0.0698. The van der Waals surface area contributed by atoms with E-state index in [0.717, 1.165) is 4.31 Å². The smallest absolute Gasteiger partial charge is 0.277 e. The standard InChI is InChI=1S/C11H15ClN4O3S/c12-9-5-8(6-10(13)7-9)11(17)15-1-3-16(4-2-15)20(14,18)19/h5-7H,1-4,13H2,(H2,14,18,19). The van der Waals surface area contributed by atoms with Gasteiger partial charge < -0.3 is 10.6 Å². The first-order valence-electron chi connectivity index (χ1n) is 5.90. The minimum Gasteiger partial charge on any atom is -0.399 e. The molecule has 1 aliphatic rings. The van der Waals surface area contributed by atoms with Crippen molar-refractivity contribution in [3.05, 3.63) is 28.8 Å². The van der Waals surface area contributed by atoms with Gasteiger partial charge in [-0.3, -0.25) is 4.79 Å². The van der Waals surface area contributed by atoms with Crippen LogP contribution in [0, 0.1) is 0 Å². The van der Waals surface area contributed by atoms with Crippen LogP contribution in [-0.4, -0.2) is 49.7 Å². The van der Waals surface area contributed by atoms with Gasteiger partial charge in [0.1, 0.15) is 0 Å². The number of nitrogens with zero attached hydrogens (tertiary/aromatic N) is 2. The van der Waals surface area contributed by atoms with E-state index < -0.39 is 10.2 Å². The highest BCUT2D eigenvalue weighted by atomic mass is 35.5. The molecule has 1 aliphatic heterocycles. The summed E-state index contributed by atoms with van der Waals surface area (Å²) in [6, 6.07) is 4.63. The van der Waals surface area contributed by atoms with Gasteiger partial charge in [0.15, 0.2) is 0 Å². The van der Waals surface area contributed by atoms with Gasteiger partial charge in [-0.05, 0) is 18.2 Å². The van der Waals surface area contributed by atoms with Crippen molar-refractivity contribution in [1.29, 1.82) is 0 Å². The predicted molar refractivity (Wildman–Crippen MR) is 76.4 cm³/mol. The van der Waals surface area contributed by atoms with Gasteiger partial charge in [-0.25, -0.2) is 5.14 Å². The zero-order chi connectivity index (χ0) is 14.9. The van der Waals surface area contributed by atoms with Gasteiger partial charge in [0.25, 0.3) is 16.1 Å². The van der Waals surface area contributed by atoms with E-state index >= 15 is 0 Å². The lowest BCUT2D eigenvalue weighted by Gasteiger charge is -2.33. The molecule has 9 heteroatoms. The Morgan fingerprint density at radius 3 is 2.25 bits per heavy atom. The van der Waals surface area contributed by atoms with Crippen molar-refractivity contribution in [2.75, 3.05) is 31.9 Å². The summed E-state index contributed by atoms with van der Waals surface area (Å²) in [5.41, 5.74) is 6.44. The number of nitrogen functional groups attached to an aromatic ring is 1. The van der Waals surface area contributed by atoms with Crippen LogP contribution in [0.1, 0.15) is 10.4 Å². The quantitative estimate of drug-likeness (QED) is 0.741. The summed E-state index contributed by atoms with van der Waals surface area (Å²) in [5, 5.41) is 5.43. The highest BCUT2D eigenvalue weighted by Crippen LogP contribution is 2.19. The van der Waals surface area contributed by atoms with Crippen LogP contribution in [0.4, 0.5) is 5.69 Å². The molecule has 2 rings (SSSR count). The number of nitrogens with two attached hydrogens (primary N) is 2. The van der Waals surface area contributed by atoms with Gasteiger partial charge in [0, 0.05) is 42.5 Å². The maximum atomic E-state index is 12.3. The van der Waals surface area contributed by atoms with Gasteiger partial charge in [-0.1, -0.05) is 11.6 Å². The van der Waals surface area contributed by atoms with Crippen molar-refractivity contribution in [1.82, 2.24) is 9.21 Å². The number of rotatable bonds is 2. The van der Waals surface area contributed by atoms with E-state index in [4.69, 9.17) is 22.5 Å². The third-order valence-corrected chi connectivity index (χ3v) is 4.36. The average molecular weight is 319 g/mol. The van der Waals surface area contributed by atoms with E-state index in [9.17, 15) is 13.2 Å². The molecule has 1 fully saturated rings. The third kappa shape index (κ3) is 3.40. The molecule has 1 amide bonds. The Kier molecular flexibility index (Phi) is 4.19. The van der Waals surface area contributed by atoms with Gasteiger partial charge in [-0.15, -0.1) is 0 Å². The molecule has 0 atom stereocenters. The maximum absolute atomic E-state index is 12.3. The number of amides is 1.